The molecule has 0 bridgehead atoms. The number of aromatic nitrogens is 2. The molecule has 1 aromatic carbocycles. The monoisotopic (exact) mass is 441 g/mol. The van der Waals surface area contributed by atoms with Gasteiger partial charge in [0.2, 0.25) is 5.91 Å². The summed E-state index contributed by atoms with van der Waals surface area (Å²) in [5.74, 6) is -0.0108. The molecule has 31 heavy (non-hydrogen) atoms. The van der Waals surface area contributed by atoms with Gasteiger partial charge in [-0.25, -0.2) is 9.47 Å². The van der Waals surface area contributed by atoms with Crippen LogP contribution < -0.4 is 16.0 Å². The molecule has 4 rings (SSSR count). The number of rotatable bonds is 6. The molecule has 1 aliphatic heterocycles. The number of nitrogens with one attached hydrogen (secondary N) is 1. The number of ketones is 1. The van der Waals surface area contributed by atoms with Crippen molar-refractivity contribution in [3.05, 3.63) is 51.6 Å². The van der Waals surface area contributed by atoms with E-state index in [1.54, 1.807) is 28.9 Å². The first-order valence-electron chi connectivity index (χ1n) is 10.5. The van der Waals surface area contributed by atoms with Crippen LogP contribution in [0.1, 0.15) is 35.0 Å². The van der Waals surface area contributed by atoms with Crippen LogP contribution in [-0.4, -0.2) is 65.2 Å². The zero-order valence-electron chi connectivity index (χ0n) is 17.9. The van der Waals surface area contributed by atoms with Crippen LogP contribution in [0, 0.1) is 0 Å². The maximum atomic E-state index is 12.9. The van der Waals surface area contributed by atoms with E-state index in [4.69, 9.17) is 0 Å². The van der Waals surface area contributed by atoms with Gasteiger partial charge in [-0.3, -0.25) is 9.59 Å². The molecule has 2 aromatic rings. The predicted molar refractivity (Wildman–Crippen MR) is 122 cm³/mol. The first-order chi connectivity index (χ1) is 14.9. The van der Waals surface area contributed by atoms with Gasteiger partial charge in [-0.2, -0.15) is 4.98 Å². The van der Waals surface area contributed by atoms with Gasteiger partial charge in [-0.15, -0.1) is 0 Å². The second-order valence-corrected chi connectivity index (χ2v) is 8.98. The van der Waals surface area contributed by atoms with Gasteiger partial charge in [0, 0.05) is 43.0 Å². The van der Waals surface area contributed by atoms with Crippen LogP contribution in [0.5, 0.6) is 0 Å². The Hall–Kier alpha value is -2.65. The quantitative estimate of drug-likeness (QED) is 0.413. The number of anilines is 1. The summed E-state index contributed by atoms with van der Waals surface area (Å²) in [4.78, 5) is 43.2. The normalized spacial score (nSPS) is 16.3. The van der Waals surface area contributed by atoms with Gasteiger partial charge < -0.3 is 15.2 Å². The molecular weight excluding hydrogens is 414 g/mol. The molecule has 1 aromatic heterocycles. The second kappa shape index (κ2) is 9.23. The smallest absolute Gasteiger partial charge is 0.325 e. The Labute approximate surface area is 185 Å². The molecular formula is C22H27N5O3S. The van der Waals surface area contributed by atoms with E-state index in [1.165, 1.54) is 18.7 Å². The van der Waals surface area contributed by atoms with Crippen LogP contribution in [0.25, 0.3) is 0 Å². The number of thioether (sulfide) groups is 1. The lowest BCUT2D eigenvalue weighted by molar-refractivity contribution is -0.113. The van der Waals surface area contributed by atoms with Gasteiger partial charge in [0.25, 0.3) is 0 Å². The summed E-state index contributed by atoms with van der Waals surface area (Å²) in [6.45, 7) is 4.97. The summed E-state index contributed by atoms with van der Waals surface area (Å²) in [7, 11) is 2.09. The summed E-state index contributed by atoms with van der Waals surface area (Å²) in [5, 5.41) is 5.61. The average molecular weight is 442 g/mol. The lowest BCUT2D eigenvalue weighted by Gasteiger charge is -2.35. The van der Waals surface area contributed by atoms with Crippen molar-refractivity contribution in [1.82, 2.24) is 14.6 Å². The fraction of sp³-hybridized carbons (Fsp3) is 0.455. The number of likely N-dealkylation sites (N-methyl/N-ethyl adjacent to an activating group) is 1. The molecule has 8 nitrogen and oxygen atoms in total. The van der Waals surface area contributed by atoms with Gasteiger partial charge in [0.1, 0.15) is 5.03 Å². The number of fused-ring (bicyclic) bond motifs is 1. The SMILES string of the molecule is CC(=O)c1ccc(NC(=O)CSc2nc(=O)n(N3CCN(C)CC3)c3c2CCC3)cc1. The number of hydrogen-bond donors (Lipinski definition) is 1. The van der Waals surface area contributed by atoms with E-state index in [1.807, 2.05) is 0 Å². The fourth-order valence-electron chi connectivity index (χ4n) is 4.04. The molecule has 164 valence electrons. The molecule has 1 aliphatic carbocycles. The first kappa shape index (κ1) is 21.6. The topological polar surface area (TPSA) is 87.5 Å². The lowest BCUT2D eigenvalue weighted by Crippen LogP contribution is -2.54. The lowest BCUT2D eigenvalue weighted by atomic mass is 10.1. The Bertz CT molecular complexity index is 1040. The molecule has 0 saturated carbocycles. The van der Waals surface area contributed by atoms with Crippen LogP contribution in [0.2, 0.25) is 0 Å². The molecule has 1 saturated heterocycles. The summed E-state index contributed by atoms with van der Waals surface area (Å²) >= 11 is 1.31. The number of carbonyl (C=O) groups excluding carboxylic acids is 2. The molecule has 9 heteroatoms. The summed E-state index contributed by atoms with van der Waals surface area (Å²) in [6, 6.07) is 6.81. The molecule has 0 radical (unpaired) electrons. The van der Waals surface area contributed by atoms with Crippen molar-refractivity contribution in [2.24, 2.45) is 0 Å². The summed E-state index contributed by atoms with van der Waals surface area (Å²) < 4.78 is 1.77. The van der Waals surface area contributed by atoms with Crippen molar-refractivity contribution in [2.45, 2.75) is 31.2 Å². The van der Waals surface area contributed by atoms with Gasteiger partial charge >= 0.3 is 5.69 Å². The van der Waals surface area contributed by atoms with E-state index in [9.17, 15) is 14.4 Å². The van der Waals surface area contributed by atoms with Crippen LogP contribution in [0.4, 0.5) is 5.69 Å². The highest BCUT2D eigenvalue weighted by Gasteiger charge is 2.26. The molecule has 0 atom stereocenters. The first-order valence-corrected chi connectivity index (χ1v) is 11.5. The zero-order valence-corrected chi connectivity index (χ0v) is 18.7. The third kappa shape index (κ3) is 4.83. The van der Waals surface area contributed by atoms with Crippen molar-refractivity contribution in [1.29, 1.82) is 0 Å². The van der Waals surface area contributed by atoms with Crippen molar-refractivity contribution in [3.8, 4) is 0 Å². The minimum absolute atomic E-state index is 0.0142. The minimum Gasteiger partial charge on any atom is -0.325 e. The van der Waals surface area contributed by atoms with Crippen LogP contribution in [0.3, 0.4) is 0 Å². The van der Waals surface area contributed by atoms with Crippen molar-refractivity contribution >= 4 is 29.1 Å². The Morgan fingerprint density at radius 2 is 1.81 bits per heavy atom. The van der Waals surface area contributed by atoms with Crippen LogP contribution >= 0.6 is 11.8 Å². The third-order valence-corrected chi connectivity index (χ3v) is 6.78. The molecule has 2 aliphatic rings. The van der Waals surface area contributed by atoms with Crippen LogP contribution in [-0.2, 0) is 17.6 Å². The molecule has 1 N–H and O–H groups in total. The number of carbonyl (C=O) groups is 2. The number of hydrogen-bond acceptors (Lipinski definition) is 7. The molecule has 2 heterocycles. The Kier molecular flexibility index (Phi) is 6.43. The minimum atomic E-state index is -0.257. The third-order valence-electron chi connectivity index (χ3n) is 5.76. The van der Waals surface area contributed by atoms with Gasteiger partial charge in [-0.05, 0) is 57.5 Å². The van der Waals surface area contributed by atoms with E-state index >= 15 is 0 Å². The standard InChI is InChI=1S/C22H27N5O3S/c1-15(28)16-6-8-17(9-7-16)23-20(29)14-31-21-18-4-3-5-19(18)27(22(30)24-21)26-12-10-25(2)11-13-26/h6-9H,3-5,10-14H2,1-2H3,(H,23,29). The van der Waals surface area contributed by atoms with Crippen molar-refractivity contribution in [3.63, 3.8) is 0 Å². The summed E-state index contributed by atoms with van der Waals surface area (Å²) in [5.41, 5.74) is 3.13. The Morgan fingerprint density at radius 3 is 2.48 bits per heavy atom. The van der Waals surface area contributed by atoms with E-state index in [2.05, 4.69) is 27.3 Å². The summed E-state index contributed by atoms with van der Waals surface area (Å²) in [6.07, 6.45) is 2.74. The molecule has 0 spiro atoms. The number of nitrogens with zero attached hydrogens (tertiary/aromatic N) is 4. The number of benzene rings is 1. The number of Topliss-reactive ketones (excluding diaryl/α,β-unsaturated/α-hetero) is 1. The molecule has 1 fully saturated rings. The highest BCUT2D eigenvalue weighted by Crippen LogP contribution is 2.29. The maximum Gasteiger partial charge on any atom is 0.367 e. The van der Waals surface area contributed by atoms with E-state index in [0.717, 1.165) is 56.7 Å². The van der Waals surface area contributed by atoms with Crippen LogP contribution in [0.15, 0.2) is 34.1 Å². The van der Waals surface area contributed by atoms with Gasteiger partial charge in [-0.1, -0.05) is 11.8 Å². The van der Waals surface area contributed by atoms with Crippen molar-refractivity contribution in [2.75, 3.05) is 49.3 Å². The van der Waals surface area contributed by atoms with E-state index in [0.29, 0.717) is 16.3 Å². The fourth-order valence-corrected chi connectivity index (χ4v) is 4.91. The van der Waals surface area contributed by atoms with Gasteiger partial charge in [0.15, 0.2) is 5.78 Å². The highest BCUT2D eigenvalue weighted by atomic mass is 32.2. The number of piperazine rings is 1. The molecule has 0 unspecified atom stereocenters. The number of amides is 1. The largest absolute Gasteiger partial charge is 0.367 e. The zero-order chi connectivity index (χ0) is 22.0. The van der Waals surface area contributed by atoms with E-state index in [-0.39, 0.29) is 23.1 Å². The average Bonchev–Trinajstić information content (AvgIpc) is 3.23. The molecule has 1 amide bonds. The van der Waals surface area contributed by atoms with E-state index < -0.39 is 0 Å². The maximum absolute atomic E-state index is 12.9. The predicted octanol–water partition coefficient (Wildman–Crippen LogP) is 1.55. The van der Waals surface area contributed by atoms with Gasteiger partial charge in [0.05, 0.1) is 11.4 Å². The van der Waals surface area contributed by atoms with Crippen molar-refractivity contribution < 1.29 is 9.59 Å². The second-order valence-electron chi connectivity index (χ2n) is 8.02. The Morgan fingerprint density at radius 1 is 1.10 bits per heavy atom. The Balaban J connectivity index is 1.45. The highest BCUT2D eigenvalue weighted by molar-refractivity contribution is 8.00.